The quantitative estimate of drug-likeness (QED) is 0.737. The Hall–Kier alpha value is -2.24. The Morgan fingerprint density at radius 3 is 2.50 bits per heavy atom. The Balaban J connectivity index is 1.86. The first kappa shape index (κ1) is 18.5. The molecule has 7 heteroatoms. The van der Waals surface area contributed by atoms with E-state index in [-0.39, 0.29) is 5.91 Å². The van der Waals surface area contributed by atoms with Gasteiger partial charge in [0.2, 0.25) is 5.91 Å². The summed E-state index contributed by atoms with van der Waals surface area (Å²) in [5.74, 6) is 0.716. The number of carbonyl (C=O) groups is 1. The first-order chi connectivity index (χ1) is 12.6. The minimum atomic E-state index is -0.0959. The van der Waals surface area contributed by atoms with Gasteiger partial charge in [0, 0.05) is 31.6 Å². The molecule has 26 heavy (non-hydrogen) atoms. The molecule has 0 saturated carbocycles. The molecule has 2 aromatic rings. The van der Waals surface area contributed by atoms with Gasteiger partial charge in [0.15, 0.2) is 11.5 Å². The van der Waals surface area contributed by atoms with E-state index in [1.807, 2.05) is 12.1 Å². The van der Waals surface area contributed by atoms with Crippen LogP contribution in [0.5, 0.6) is 11.5 Å². The monoisotopic (exact) mass is 392 g/mol. The van der Waals surface area contributed by atoms with Crippen molar-refractivity contribution in [1.82, 2.24) is 9.88 Å². The predicted molar refractivity (Wildman–Crippen MR) is 102 cm³/mol. The number of hydrogen-bond acceptors (Lipinski definition) is 4. The van der Waals surface area contributed by atoms with Crippen molar-refractivity contribution < 1.29 is 14.3 Å². The fraction of sp³-hybridized carbons (Fsp3) is 0.263. The molecule has 136 valence electrons. The standard InChI is InChI=1S/C19H18Cl2N2O3/c1-25-18-16(20)13-7-9-23(11-14(13)17(21)19(18)26-2)15(24)6-5-12-4-3-8-22-10-12/h3-6,8,10H,7,9,11H2,1-2H3/b6-5+. The van der Waals surface area contributed by atoms with Gasteiger partial charge in [-0.25, -0.2) is 0 Å². The summed E-state index contributed by atoms with van der Waals surface area (Å²) in [6.45, 7) is 0.916. The number of benzene rings is 1. The molecule has 0 radical (unpaired) electrons. The van der Waals surface area contributed by atoms with Crippen LogP contribution in [0.2, 0.25) is 10.0 Å². The third-order valence-corrected chi connectivity index (χ3v) is 5.10. The first-order valence-corrected chi connectivity index (χ1v) is 8.80. The second kappa shape index (κ2) is 7.98. The molecular formula is C19H18Cl2N2O3. The molecule has 5 nitrogen and oxygen atoms in total. The van der Waals surface area contributed by atoms with Crippen LogP contribution in [-0.4, -0.2) is 36.6 Å². The lowest BCUT2D eigenvalue weighted by atomic mass is 9.98. The molecule has 1 aromatic heterocycles. The van der Waals surface area contributed by atoms with Crippen molar-refractivity contribution in [3.8, 4) is 11.5 Å². The Morgan fingerprint density at radius 2 is 1.88 bits per heavy atom. The number of carbonyl (C=O) groups excluding carboxylic acids is 1. The summed E-state index contributed by atoms with van der Waals surface area (Å²) in [7, 11) is 3.03. The van der Waals surface area contributed by atoms with Crippen LogP contribution in [0.3, 0.4) is 0 Å². The molecule has 1 aliphatic heterocycles. The van der Waals surface area contributed by atoms with E-state index in [1.165, 1.54) is 20.3 Å². The molecule has 1 aliphatic rings. The van der Waals surface area contributed by atoms with Gasteiger partial charge in [-0.1, -0.05) is 29.3 Å². The van der Waals surface area contributed by atoms with Crippen molar-refractivity contribution in [1.29, 1.82) is 0 Å². The van der Waals surface area contributed by atoms with Crippen LogP contribution in [0, 0.1) is 0 Å². The lowest BCUT2D eigenvalue weighted by Crippen LogP contribution is -2.35. The van der Waals surface area contributed by atoms with Crippen molar-refractivity contribution in [2.45, 2.75) is 13.0 Å². The minimum absolute atomic E-state index is 0.0959. The molecule has 0 fully saturated rings. The van der Waals surface area contributed by atoms with Gasteiger partial charge in [0.1, 0.15) is 0 Å². The van der Waals surface area contributed by atoms with E-state index in [0.717, 1.165) is 16.7 Å². The summed E-state index contributed by atoms with van der Waals surface area (Å²) >= 11 is 13.0. The minimum Gasteiger partial charge on any atom is -0.491 e. The zero-order valence-electron chi connectivity index (χ0n) is 14.5. The second-order valence-electron chi connectivity index (χ2n) is 5.78. The number of halogens is 2. The van der Waals surface area contributed by atoms with Crippen molar-refractivity contribution in [2.24, 2.45) is 0 Å². The van der Waals surface area contributed by atoms with Crippen molar-refractivity contribution in [3.05, 3.63) is 57.3 Å². The molecule has 1 aromatic carbocycles. The van der Waals surface area contributed by atoms with E-state index in [1.54, 1.807) is 23.4 Å². The lowest BCUT2D eigenvalue weighted by Gasteiger charge is -2.30. The topological polar surface area (TPSA) is 51.7 Å². The van der Waals surface area contributed by atoms with Gasteiger partial charge in [-0.15, -0.1) is 0 Å². The SMILES string of the molecule is COc1c(Cl)c2c(c(Cl)c1OC)CN(C(=O)/C=C/c1cccnc1)CC2. The molecule has 3 rings (SSSR count). The Kier molecular flexibility index (Phi) is 5.69. The fourth-order valence-electron chi connectivity index (χ4n) is 2.98. The molecule has 0 saturated heterocycles. The van der Waals surface area contributed by atoms with E-state index in [9.17, 15) is 4.79 Å². The van der Waals surface area contributed by atoms with Gasteiger partial charge in [-0.3, -0.25) is 9.78 Å². The number of methoxy groups -OCH3 is 2. The molecule has 0 bridgehead atoms. The van der Waals surface area contributed by atoms with Crippen LogP contribution in [0.1, 0.15) is 16.7 Å². The number of aromatic nitrogens is 1. The molecule has 0 N–H and O–H groups in total. The van der Waals surface area contributed by atoms with Gasteiger partial charge >= 0.3 is 0 Å². The molecule has 1 amide bonds. The molecule has 0 unspecified atom stereocenters. The predicted octanol–water partition coefficient (Wildman–Crippen LogP) is 4.00. The number of ether oxygens (including phenoxy) is 2. The smallest absolute Gasteiger partial charge is 0.246 e. The summed E-state index contributed by atoms with van der Waals surface area (Å²) in [4.78, 5) is 18.3. The molecule has 0 spiro atoms. The summed E-state index contributed by atoms with van der Waals surface area (Å²) in [5.41, 5.74) is 2.56. The van der Waals surface area contributed by atoms with E-state index < -0.39 is 0 Å². The van der Waals surface area contributed by atoms with Crippen LogP contribution < -0.4 is 9.47 Å². The van der Waals surface area contributed by atoms with E-state index in [4.69, 9.17) is 32.7 Å². The highest BCUT2D eigenvalue weighted by Crippen LogP contribution is 2.47. The average Bonchev–Trinajstić information content (AvgIpc) is 2.69. The number of amides is 1. The van der Waals surface area contributed by atoms with Crippen molar-refractivity contribution in [3.63, 3.8) is 0 Å². The first-order valence-electron chi connectivity index (χ1n) is 8.04. The normalized spacial score (nSPS) is 13.6. The highest BCUT2D eigenvalue weighted by molar-refractivity contribution is 6.37. The third kappa shape index (κ3) is 3.50. The zero-order valence-corrected chi connectivity index (χ0v) is 16.0. The Morgan fingerprint density at radius 1 is 1.19 bits per heavy atom. The van der Waals surface area contributed by atoms with Crippen LogP contribution in [-0.2, 0) is 17.8 Å². The average molecular weight is 393 g/mol. The Labute approximate surface area is 162 Å². The highest BCUT2D eigenvalue weighted by Gasteiger charge is 2.29. The maximum absolute atomic E-state index is 12.5. The number of nitrogens with zero attached hydrogens (tertiary/aromatic N) is 2. The fourth-order valence-corrected chi connectivity index (χ4v) is 3.69. The molecule has 0 atom stereocenters. The second-order valence-corrected chi connectivity index (χ2v) is 6.54. The highest BCUT2D eigenvalue weighted by atomic mass is 35.5. The lowest BCUT2D eigenvalue weighted by molar-refractivity contribution is -0.126. The summed E-state index contributed by atoms with van der Waals surface area (Å²) in [6.07, 6.45) is 7.27. The molecular weight excluding hydrogens is 375 g/mol. The van der Waals surface area contributed by atoms with Crippen LogP contribution in [0.4, 0.5) is 0 Å². The van der Waals surface area contributed by atoms with E-state index in [2.05, 4.69) is 4.98 Å². The Bertz CT molecular complexity index is 854. The largest absolute Gasteiger partial charge is 0.491 e. The van der Waals surface area contributed by atoms with Gasteiger partial charge < -0.3 is 14.4 Å². The van der Waals surface area contributed by atoms with Crippen LogP contribution >= 0.6 is 23.2 Å². The van der Waals surface area contributed by atoms with Crippen LogP contribution in [0.25, 0.3) is 6.08 Å². The number of fused-ring (bicyclic) bond motifs is 1. The maximum Gasteiger partial charge on any atom is 0.246 e. The summed E-state index contributed by atoms with van der Waals surface area (Å²) in [6, 6.07) is 3.71. The third-order valence-electron chi connectivity index (χ3n) is 4.30. The zero-order chi connectivity index (χ0) is 18.7. The summed E-state index contributed by atoms with van der Waals surface area (Å²) in [5, 5.41) is 0.916. The molecule has 0 aliphatic carbocycles. The van der Waals surface area contributed by atoms with Gasteiger partial charge in [-0.05, 0) is 35.3 Å². The number of pyridine rings is 1. The summed E-state index contributed by atoms with van der Waals surface area (Å²) < 4.78 is 10.7. The van der Waals surface area contributed by atoms with E-state index >= 15 is 0 Å². The number of rotatable bonds is 4. The van der Waals surface area contributed by atoms with Crippen molar-refractivity contribution >= 4 is 35.2 Å². The van der Waals surface area contributed by atoms with Crippen LogP contribution in [0.15, 0.2) is 30.6 Å². The van der Waals surface area contributed by atoms with Gasteiger partial charge in [0.05, 0.1) is 24.3 Å². The van der Waals surface area contributed by atoms with Gasteiger partial charge in [0.25, 0.3) is 0 Å². The van der Waals surface area contributed by atoms with Crippen molar-refractivity contribution in [2.75, 3.05) is 20.8 Å². The number of hydrogen-bond donors (Lipinski definition) is 0. The van der Waals surface area contributed by atoms with Gasteiger partial charge in [-0.2, -0.15) is 0 Å². The molecule has 2 heterocycles. The maximum atomic E-state index is 12.5. The van der Waals surface area contributed by atoms with E-state index in [0.29, 0.717) is 41.1 Å².